The molecule has 3 aromatic heterocycles. The fourth-order valence-corrected chi connectivity index (χ4v) is 6.34. The molecule has 5 rings (SSSR count). The Morgan fingerprint density at radius 2 is 1.86 bits per heavy atom. The van der Waals surface area contributed by atoms with Gasteiger partial charge < -0.3 is 14.7 Å². The van der Waals surface area contributed by atoms with Crippen molar-refractivity contribution < 1.29 is 9.84 Å². The largest absolute Gasteiger partial charge is 0.390 e. The summed E-state index contributed by atoms with van der Waals surface area (Å²) in [6, 6.07) is 2.07. The van der Waals surface area contributed by atoms with E-state index in [0.717, 1.165) is 78.6 Å². The number of rotatable bonds is 5. The Kier molecular flexibility index (Phi) is 7.03. The van der Waals surface area contributed by atoms with Gasteiger partial charge in [0.15, 0.2) is 0 Å². The summed E-state index contributed by atoms with van der Waals surface area (Å²) in [5.41, 5.74) is 4.53. The third-order valence-corrected chi connectivity index (χ3v) is 8.91. The number of fused-ring (bicyclic) bond motifs is 1. The normalized spacial score (nSPS) is 18.5. The van der Waals surface area contributed by atoms with Crippen LogP contribution in [0.15, 0.2) is 12.3 Å². The minimum atomic E-state index is -0.614. The number of morpholine rings is 1. The van der Waals surface area contributed by atoms with E-state index in [-0.39, 0.29) is 0 Å². The lowest BCUT2D eigenvalue weighted by molar-refractivity contribution is -0.0135. The minimum absolute atomic E-state index is 0.349. The van der Waals surface area contributed by atoms with E-state index >= 15 is 0 Å². The average molecular weight is 516 g/mol. The summed E-state index contributed by atoms with van der Waals surface area (Å²) in [6.07, 6.45) is 3.84. The Bertz CT molecular complexity index is 1210. The third-order valence-electron chi connectivity index (χ3n) is 7.37. The molecule has 35 heavy (non-hydrogen) atoms. The molecule has 2 fully saturated rings. The number of anilines is 1. The molecule has 9 heteroatoms. The van der Waals surface area contributed by atoms with E-state index in [4.69, 9.17) is 26.3 Å². The SMILES string of the molecule is Cc1cc(-c2nc(N3CCOCC3)nc3c(CN4CCC(C(C)(C)O)CC4)c(C)sc23)cnc1Cl. The zero-order valence-electron chi connectivity index (χ0n) is 21.0. The first-order valence-electron chi connectivity index (χ1n) is 12.4. The molecule has 0 aromatic carbocycles. The molecule has 7 nitrogen and oxygen atoms in total. The van der Waals surface area contributed by atoms with E-state index in [1.807, 2.05) is 27.0 Å². The highest BCUT2D eigenvalue weighted by Gasteiger charge is 2.31. The number of aliphatic hydroxyl groups is 1. The van der Waals surface area contributed by atoms with Crippen molar-refractivity contribution >= 4 is 39.1 Å². The zero-order chi connectivity index (χ0) is 24.7. The minimum Gasteiger partial charge on any atom is -0.390 e. The summed E-state index contributed by atoms with van der Waals surface area (Å²) >= 11 is 7.99. The lowest BCUT2D eigenvalue weighted by atomic mass is 9.83. The molecule has 0 atom stereocenters. The Morgan fingerprint density at radius 3 is 2.51 bits per heavy atom. The first-order chi connectivity index (χ1) is 16.7. The second-order valence-electron chi connectivity index (χ2n) is 10.3. The van der Waals surface area contributed by atoms with Gasteiger partial charge in [-0.2, -0.15) is 0 Å². The molecular weight excluding hydrogens is 482 g/mol. The van der Waals surface area contributed by atoms with Crippen LogP contribution >= 0.6 is 22.9 Å². The molecule has 5 heterocycles. The number of aromatic nitrogens is 3. The third kappa shape index (κ3) is 5.18. The molecule has 0 spiro atoms. The van der Waals surface area contributed by atoms with Crippen LogP contribution < -0.4 is 4.90 Å². The molecule has 3 aromatic rings. The Labute approximate surface area is 216 Å². The number of likely N-dealkylation sites (tertiary alicyclic amines) is 1. The van der Waals surface area contributed by atoms with Gasteiger partial charge in [-0.15, -0.1) is 11.3 Å². The molecular formula is C26H34ClN5O2S. The van der Waals surface area contributed by atoms with Crippen molar-refractivity contribution in [3.05, 3.63) is 33.4 Å². The van der Waals surface area contributed by atoms with Crippen LogP contribution in [0.1, 0.15) is 42.7 Å². The number of pyridine rings is 1. The van der Waals surface area contributed by atoms with Gasteiger partial charge in [0, 0.05) is 41.8 Å². The van der Waals surface area contributed by atoms with Crippen LogP contribution in [0.3, 0.4) is 0 Å². The fourth-order valence-electron chi connectivity index (χ4n) is 5.12. The molecule has 0 radical (unpaired) electrons. The molecule has 0 aliphatic carbocycles. The van der Waals surface area contributed by atoms with Crippen LogP contribution in [0, 0.1) is 19.8 Å². The number of thiophene rings is 1. The van der Waals surface area contributed by atoms with E-state index < -0.39 is 5.60 Å². The topological polar surface area (TPSA) is 74.6 Å². The fraction of sp³-hybridized carbons (Fsp3) is 0.577. The number of ether oxygens (including phenoxy) is 1. The Hall–Kier alpha value is -1.84. The summed E-state index contributed by atoms with van der Waals surface area (Å²) in [5, 5.41) is 11.0. The summed E-state index contributed by atoms with van der Waals surface area (Å²) in [4.78, 5) is 20.6. The number of piperidine rings is 1. The highest BCUT2D eigenvalue weighted by Crippen LogP contribution is 2.39. The van der Waals surface area contributed by atoms with Gasteiger partial charge in [0.25, 0.3) is 0 Å². The lowest BCUT2D eigenvalue weighted by Crippen LogP contribution is -2.41. The van der Waals surface area contributed by atoms with Crippen molar-refractivity contribution in [1.29, 1.82) is 0 Å². The molecule has 2 aliphatic rings. The standard InChI is InChI=1S/C26H34ClN5O2S/c1-16-13-18(14-28-24(16)27)21-23-22(30-25(29-21)32-9-11-34-12-10-32)20(17(2)35-23)15-31-7-5-19(6-8-31)26(3,4)33/h13-14,19,33H,5-12,15H2,1-4H3. The molecule has 0 amide bonds. The van der Waals surface area contributed by atoms with E-state index in [0.29, 0.717) is 24.3 Å². The number of nitrogens with zero attached hydrogens (tertiary/aromatic N) is 5. The van der Waals surface area contributed by atoms with Crippen LogP contribution in [0.5, 0.6) is 0 Å². The van der Waals surface area contributed by atoms with E-state index in [1.165, 1.54) is 10.4 Å². The van der Waals surface area contributed by atoms with Crippen LogP contribution in [-0.2, 0) is 11.3 Å². The first kappa shape index (κ1) is 24.8. The number of aryl methyl sites for hydroxylation is 2. The summed E-state index contributed by atoms with van der Waals surface area (Å²) in [5.74, 6) is 1.10. The van der Waals surface area contributed by atoms with Gasteiger partial charge in [-0.1, -0.05) is 11.6 Å². The summed E-state index contributed by atoms with van der Waals surface area (Å²) in [6.45, 7) is 13.8. The van der Waals surface area contributed by atoms with Crippen molar-refractivity contribution in [3.8, 4) is 11.3 Å². The molecule has 2 aliphatic heterocycles. The van der Waals surface area contributed by atoms with Gasteiger partial charge in [-0.05, 0) is 71.2 Å². The second kappa shape index (κ2) is 9.90. The predicted molar refractivity (Wildman–Crippen MR) is 142 cm³/mol. The maximum absolute atomic E-state index is 10.4. The molecule has 0 saturated carbocycles. The summed E-state index contributed by atoms with van der Waals surface area (Å²) < 4.78 is 6.67. The van der Waals surface area contributed by atoms with Crippen molar-refractivity contribution in [2.24, 2.45) is 5.92 Å². The van der Waals surface area contributed by atoms with Gasteiger partial charge in [-0.25, -0.2) is 15.0 Å². The van der Waals surface area contributed by atoms with E-state index in [1.54, 1.807) is 11.3 Å². The van der Waals surface area contributed by atoms with Gasteiger partial charge >= 0.3 is 0 Å². The van der Waals surface area contributed by atoms with Gasteiger partial charge in [0.1, 0.15) is 5.15 Å². The van der Waals surface area contributed by atoms with Crippen molar-refractivity contribution in [3.63, 3.8) is 0 Å². The van der Waals surface area contributed by atoms with E-state index in [9.17, 15) is 5.11 Å². The first-order valence-corrected chi connectivity index (χ1v) is 13.6. The van der Waals surface area contributed by atoms with Crippen molar-refractivity contribution in [2.45, 2.75) is 52.7 Å². The molecule has 0 bridgehead atoms. The average Bonchev–Trinajstić information content (AvgIpc) is 3.15. The van der Waals surface area contributed by atoms with Crippen LogP contribution in [0.2, 0.25) is 5.15 Å². The van der Waals surface area contributed by atoms with Crippen LogP contribution in [-0.4, -0.2) is 70.0 Å². The lowest BCUT2D eigenvalue weighted by Gasteiger charge is -2.37. The smallest absolute Gasteiger partial charge is 0.226 e. The molecule has 2 saturated heterocycles. The number of hydrogen-bond acceptors (Lipinski definition) is 8. The second-order valence-corrected chi connectivity index (χ2v) is 11.9. The van der Waals surface area contributed by atoms with Gasteiger partial charge in [0.05, 0.1) is 34.7 Å². The predicted octanol–water partition coefficient (Wildman–Crippen LogP) is 4.84. The Morgan fingerprint density at radius 1 is 1.14 bits per heavy atom. The molecule has 0 unspecified atom stereocenters. The number of halogens is 1. The quantitative estimate of drug-likeness (QED) is 0.487. The van der Waals surface area contributed by atoms with Crippen molar-refractivity contribution in [1.82, 2.24) is 19.9 Å². The highest BCUT2D eigenvalue weighted by atomic mass is 35.5. The van der Waals surface area contributed by atoms with Gasteiger partial charge in [0.2, 0.25) is 5.95 Å². The molecule has 1 N–H and O–H groups in total. The summed E-state index contributed by atoms with van der Waals surface area (Å²) in [7, 11) is 0. The monoisotopic (exact) mass is 515 g/mol. The van der Waals surface area contributed by atoms with E-state index in [2.05, 4.69) is 27.8 Å². The van der Waals surface area contributed by atoms with Crippen molar-refractivity contribution in [2.75, 3.05) is 44.3 Å². The zero-order valence-corrected chi connectivity index (χ0v) is 22.5. The van der Waals surface area contributed by atoms with Gasteiger partial charge in [-0.3, -0.25) is 4.90 Å². The maximum atomic E-state index is 10.4. The highest BCUT2D eigenvalue weighted by molar-refractivity contribution is 7.19. The molecule has 188 valence electrons. The maximum Gasteiger partial charge on any atom is 0.226 e. The van der Waals surface area contributed by atoms with Crippen LogP contribution in [0.4, 0.5) is 5.95 Å². The number of hydrogen-bond donors (Lipinski definition) is 1. The van der Waals surface area contributed by atoms with Crippen LogP contribution in [0.25, 0.3) is 21.5 Å². The Balaban J connectivity index is 1.54.